The third kappa shape index (κ3) is 4.26. The first-order chi connectivity index (χ1) is 8.22. The molecule has 0 aromatic heterocycles. The van der Waals surface area contributed by atoms with E-state index in [2.05, 4.69) is 34.5 Å². The maximum atomic E-state index is 12.1. The highest BCUT2D eigenvalue weighted by Crippen LogP contribution is 2.23. The molecule has 0 aliphatic rings. The summed E-state index contributed by atoms with van der Waals surface area (Å²) in [5.74, 6) is 0.442. The minimum Gasteiger partial charge on any atom is -0.398 e. The molecule has 1 aromatic carbocycles. The summed E-state index contributed by atoms with van der Waals surface area (Å²) in [7, 11) is -3.50. The Labute approximate surface area is 117 Å². The highest BCUT2D eigenvalue weighted by atomic mass is 79.9. The zero-order valence-corrected chi connectivity index (χ0v) is 13.2. The van der Waals surface area contributed by atoms with Crippen molar-refractivity contribution < 1.29 is 8.42 Å². The molecule has 0 aliphatic heterocycles. The molecule has 0 heterocycles. The van der Waals surface area contributed by atoms with E-state index in [4.69, 9.17) is 5.73 Å². The van der Waals surface area contributed by atoms with Crippen molar-refractivity contribution in [1.82, 2.24) is 4.72 Å². The average molecular weight is 335 g/mol. The summed E-state index contributed by atoms with van der Waals surface area (Å²) in [4.78, 5) is 0.193. The predicted octanol–water partition coefficient (Wildman–Crippen LogP) is 2.74. The smallest absolute Gasteiger partial charge is 0.240 e. The van der Waals surface area contributed by atoms with Crippen LogP contribution in [0.1, 0.15) is 27.2 Å². The number of nitrogens with one attached hydrogen (secondary N) is 1. The molecular formula is C12H19BrN2O2S. The van der Waals surface area contributed by atoms with Crippen LogP contribution in [0, 0.1) is 5.92 Å². The lowest BCUT2D eigenvalue weighted by molar-refractivity contribution is 0.482. The van der Waals surface area contributed by atoms with Gasteiger partial charge in [-0.3, -0.25) is 0 Å². The standard InChI is InChI=1S/C12H19BrN2O2S/c1-8(2)6-9(3)15-18(16,17)10-4-5-11(13)12(14)7-10/h4-5,7-9,15H,6,14H2,1-3H3. The van der Waals surface area contributed by atoms with E-state index in [-0.39, 0.29) is 10.9 Å². The molecule has 0 fully saturated rings. The molecule has 0 bridgehead atoms. The van der Waals surface area contributed by atoms with Crippen LogP contribution in [0.2, 0.25) is 0 Å². The Hall–Kier alpha value is -0.590. The van der Waals surface area contributed by atoms with Gasteiger partial charge in [0.05, 0.1) is 4.90 Å². The molecule has 1 rings (SSSR count). The van der Waals surface area contributed by atoms with E-state index < -0.39 is 10.0 Å². The van der Waals surface area contributed by atoms with Gasteiger partial charge >= 0.3 is 0 Å². The van der Waals surface area contributed by atoms with Gasteiger partial charge in [0.15, 0.2) is 0 Å². The number of hydrogen-bond donors (Lipinski definition) is 2. The molecule has 1 unspecified atom stereocenters. The van der Waals surface area contributed by atoms with Gasteiger partial charge in [-0.25, -0.2) is 13.1 Å². The molecule has 1 atom stereocenters. The van der Waals surface area contributed by atoms with Gasteiger partial charge < -0.3 is 5.73 Å². The van der Waals surface area contributed by atoms with Gasteiger partial charge in [-0.1, -0.05) is 13.8 Å². The monoisotopic (exact) mass is 334 g/mol. The van der Waals surface area contributed by atoms with Crippen molar-refractivity contribution in [2.24, 2.45) is 5.92 Å². The van der Waals surface area contributed by atoms with E-state index in [0.29, 0.717) is 16.1 Å². The second kappa shape index (κ2) is 6.04. The molecule has 3 N–H and O–H groups in total. The van der Waals surface area contributed by atoms with E-state index in [0.717, 1.165) is 6.42 Å². The van der Waals surface area contributed by atoms with E-state index in [1.54, 1.807) is 6.07 Å². The first-order valence-corrected chi connectivity index (χ1v) is 8.07. The fraction of sp³-hybridized carbons (Fsp3) is 0.500. The van der Waals surface area contributed by atoms with Crippen molar-refractivity contribution in [2.45, 2.75) is 38.1 Å². The summed E-state index contributed by atoms with van der Waals surface area (Å²) in [6.45, 7) is 5.98. The summed E-state index contributed by atoms with van der Waals surface area (Å²) in [6, 6.07) is 4.52. The van der Waals surface area contributed by atoms with Gasteiger partial charge in [-0.05, 0) is 53.4 Å². The summed E-state index contributed by atoms with van der Waals surface area (Å²) < 4.78 is 27.6. The fourth-order valence-corrected chi connectivity index (χ4v) is 3.32. The Bertz CT molecular complexity index is 515. The number of rotatable bonds is 5. The largest absolute Gasteiger partial charge is 0.398 e. The lowest BCUT2D eigenvalue weighted by atomic mass is 10.1. The zero-order valence-electron chi connectivity index (χ0n) is 10.8. The molecule has 0 spiro atoms. The van der Waals surface area contributed by atoms with Crippen LogP contribution in [-0.2, 0) is 10.0 Å². The van der Waals surface area contributed by atoms with Crippen LogP contribution < -0.4 is 10.5 Å². The Kier molecular flexibility index (Phi) is 5.19. The summed E-state index contributed by atoms with van der Waals surface area (Å²) in [5.41, 5.74) is 6.10. The van der Waals surface area contributed by atoms with Crippen molar-refractivity contribution in [3.8, 4) is 0 Å². The van der Waals surface area contributed by atoms with Crippen LogP contribution in [-0.4, -0.2) is 14.5 Å². The maximum Gasteiger partial charge on any atom is 0.240 e. The molecule has 1 aromatic rings. The molecule has 6 heteroatoms. The number of nitrogen functional groups attached to an aromatic ring is 1. The Balaban J connectivity index is 2.89. The minimum absolute atomic E-state index is 0.0973. The number of halogens is 1. The predicted molar refractivity (Wildman–Crippen MR) is 77.8 cm³/mol. The van der Waals surface area contributed by atoms with Crippen LogP contribution in [0.15, 0.2) is 27.6 Å². The van der Waals surface area contributed by atoms with Crippen LogP contribution >= 0.6 is 15.9 Å². The number of anilines is 1. The second-order valence-corrected chi connectivity index (χ2v) is 7.40. The molecule has 0 radical (unpaired) electrons. The van der Waals surface area contributed by atoms with E-state index >= 15 is 0 Å². The van der Waals surface area contributed by atoms with Gasteiger partial charge in [0.1, 0.15) is 0 Å². The molecule has 0 aliphatic carbocycles. The number of hydrogen-bond acceptors (Lipinski definition) is 3. The first kappa shape index (κ1) is 15.5. The van der Waals surface area contributed by atoms with E-state index in [1.165, 1.54) is 12.1 Å². The van der Waals surface area contributed by atoms with Crippen LogP contribution in [0.3, 0.4) is 0 Å². The highest BCUT2D eigenvalue weighted by molar-refractivity contribution is 9.10. The fourth-order valence-electron chi connectivity index (χ4n) is 1.78. The molecule has 4 nitrogen and oxygen atoms in total. The molecule has 18 heavy (non-hydrogen) atoms. The Morgan fingerprint density at radius 3 is 2.44 bits per heavy atom. The molecular weight excluding hydrogens is 316 g/mol. The lowest BCUT2D eigenvalue weighted by Gasteiger charge is -2.16. The van der Waals surface area contributed by atoms with Crippen molar-refractivity contribution in [1.29, 1.82) is 0 Å². The quantitative estimate of drug-likeness (QED) is 0.813. The Morgan fingerprint density at radius 2 is 1.94 bits per heavy atom. The average Bonchev–Trinajstić information content (AvgIpc) is 2.19. The van der Waals surface area contributed by atoms with Gasteiger partial charge in [0.2, 0.25) is 10.0 Å². The maximum absolute atomic E-state index is 12.1. The zero-order chi connectivity index (χ0) is 13.9. The van der Waals surface area contributed by atoms with E-state index in [1.807, 2.05) is 6.92 Å². The molecule has 0 amide bonds. The van der Waals surface area contributed by atoms with E-state index in [9.17, 15) is 8.42 Å². The SMILES string of the molecule is CC(C)CC(C)NS(=O)(=O)c1ccc(Br)c(N)c1. The number of sulfonamides is 1. The van der Waals surface area contributed by atoms with Gasteiger partial charge in [0.25, 0.3) is 0 Å². The third-order valence-electron chi connectivity index (χ3n) is 2.46. The normalized spacial score (nSPS) is 13.8. The summed E-state index contributed by atoms with van der Waals surface area (Å²) >= 11 is 3.24. The molecule has 102 valence electrons. The number of nitrogens with two attached hydrogens (primary N) is 1. The van der Waals surface area contributed by atoms with Crippen LogP contribution in [0.5, 0.6) is 0 Å². The van der Waals surface area contributed by atoms with Crippen LogP contribution in [0.4, 0.5) is 5.69 Å². The second-order valence-electron chi connectivity index (χ2n) is 4.84. The summed E-state index contributed by atoms with van der Waals surface area (Å²) in [6.07, 6.45) is 0.797. The van der Waals surface area contributed by atoms with Crippen molar-refractivity contribution in [3.05, 3.63) is 22.7 Å². The van der Waals surface area contributed by atoms with Crippen molar-refractivity contribution in [2.75, 3.05) is 5.73 Å². The van der Waals surface area contributed by atoms with Crippen LogP contribution in [0.25, 0.3) is 0 Å². The highest BCUT2D eigenvalue weighted by Gasteiger charge is 2.18. The topological polar surface area (TPSA) is 72.2 Å². The lowest BCUT2D eigenvalue weighted by Crippen LogP contribution is -2.33. The van der Waals surface area contributed by atoms with Gasteiger partial charge in [-0.15, -0.1) is 0 Å². The third-order valence-corrected chi connectivity index (χ3v) is 4.77. The molecule has 0 saturated heterocycles. The van der Waals surface area contributed by atoms with Crippen molar-refractivity contribution >= 4 is 31.6 Å². The summed E-state index contributed by atoms with van der Waals surface area (Å²) in [5, 5.41) is 0. The van der Waals surface area contributed by atoms with Gasteiger partial charge in [-0.2, -0.15) is 0 Å². The van der Waals surface area contributed by atoms with Gasteiger partial charge in [0, 0.05) is 16.2 Å². The minimum atomic E-state index is -3.50. The first-order valence-electron chi connectivity index (χ1n) is 5.79. The number of benzene rings is 1. The van der Waals surface area contributed by atoms with Crippen molar-refractivity contribution in [3.63, 3.8) is 0 Å². The Morgan fingerprint density at radius 1 is 1.33 bits per heavy atom. The molecule has 0 saturated carbocycles.